The summed E-state index contributed by atoms with van der Waals surface area (Å²) in [7, 11) is 1.72. The van der Waals surface area contributed by atoms with Gasteiger partial charge in [0, 0.05) is 54.6 Å². The smallest absolute Gasteiger partial charge is 0.191 e. The van der Waals surface area contributed by atoms with Crippen molar-refractivity contribution in [3.63, 3.8) is 0 Å². The largest absolute Gasteiger partial charge is 0.385 e. The van der Waals surface area contributed by atoms with E-state index in [1.54, 1.807) is 18.4 Å². The van der Waals surface area contributed by atoms with Crippen molar-refractivity contribution in [2.75, 3.05) is 19.5 Å². The minimum absolute atomic E-state index is 0.149. The highest BCUT2D eigenvalue weighted by Gasteiger charge is 2.30. The van der Waals surface area contributed by atoms with Crippen LogP contribution < -0.4 is 0 Å². The lowest BCUT2D eigenvalue weighted by Crippen LogP contribution is -2.09. The molecule has 6 nitrogen and oxygen atoms in total. The number of methoxy groups -OCH3 is 1. The molecule has 0 aromatic carbocycles. The van der Waals surface area contributed by atoms with Gasteiger partial charge in [-0.25, -0.2) is 0 Å². The molecule has 3 heterocycles. The molecule has 30 heavy (non-hydrogen) atoms. The fourth-order valence-electron chi connectivity index (χ4n) is 3.80. The van der Waals surface area contributed by atoms with Gasteiger partial charge in [-0.2, -0.15) is 0 Å². The van der Waals surface area contributed by atoms with Crippen molar-refractivity contribution < 1.29 is 9.53 Å². The maximum absolute atomic E-state index is 13.0. The number of nitrogens with zero attached hydrogens (tertiary/aromatic N) is 4. The summed E-state index contributed by atoms with van der Waals surface area (Å²) in [4.78, 5) is 14.3. The van der Waals surface area contributed by atoms with Crippen LogP contribution in [0.5, 0.6) is 0 Å². The molecular formula is C22H28N4O2S2. The number of aryl methyl sites for hydroxylation is 1. The fraction of sp³-hybridized carbons (Fsp3) is 0.500. The monoisotopic (exact) mass is 444 g/mol. The van der Waals surface area contributed by atoms with E-state index in [9.17, 15) is 4.79 Å². The standard InChI is InChI=1S/C22H28N4O2S2/c1-15-12-19(16(2)25(15)9-5-10-28-3)20(27)14-30-22-24-23-21(26(22)17-7-8-17)13-18-6-4-11-29-18/h4,6,11-12,17H,5,7-10,13-14H2,1-3H3. The minimum atomic E-state index is 0.149. The number of rotatable bonds is 11. The van der Waals surface area contributed by atoms with Gasteiger partial charge in [-0.1, -0.05) is 17.8 Å². The Labute approximate surface area is 185 Å². The van der Waals surface area contributed by atoms with E-state index in [0.29, 0.717) is 11.8 Å². The lowest BCUT2D eigenvalue weighted by atomic mass is 10.2. The van der Waals surface area contributed by atoms with E-state index in [2.05, 4.69) is 43.8 Å². The summed E-state index contributed by atoms with van der Waals surface area (Å²) in [6, 6.07) is 6.70. The number of aromatic nitrogens is 4. The van der Waals surface area contributed by atoms with E-state index in [-0.39, 0.29) is 5.78 Å². The van der Waals surface area contributed by atoms with Gasteiger partial charge in [0.1, 0.15) is 5.82 Å². The first-order chi connectivity index (χ1) is 14.6. The van der Waals surface area contributed by atoms with Gasteiger partial charge in [0.15, 0.2) is 10.9 Å². The van der Waals surface area contributed by atoms with Crippen LogP contribution in [-0.2, 0) is 17.7 Å². The number of carbonyl (C=O) groups excluding carboxylic acids is 1. The van der Waals surface area contributed by atoms with Crippen LogP contribution in [0.15, 0.2) is 28.7 Å². The first-order valence-electron chi connectivity index (χ1n) is 10.4. The molecule has 3 aromatic rings. The third-order valence-electron chi connectivity index (χ3n) is 5.50. The van der Waals surface area contributed by atoms with Gasteiger partial charge in [-0.15, -0.1) is 21.5 Å². The summed E-state index contributed by atoms with van der Waals surface area (Å²) in [6.07, 6.45) is 4.07. The Hall–Kier alpha value is -1.90. The van der Waals surface area contributed by atoms with Crippen LogP contribution in [0.3, 0.4) is 0 Å². The molecule has 0 aliphatic heterocycles. The summed E-state index contributed by atoms with van der Waals surface area (Å²) in [5.41, 5.74) is 2.97. The van der Waals surface area contributed by atoms with Crippen LogP contribution in [0.1, 0.15) is 57.8 Å². The summed E-state index contributed by atoms with van der Waals surface area (Å²) >= 11 is 3.25. The number of thiophene rings is 1. The molecule has 3 aromatic heterocycles. The number of hydrogen-bond acceptors (Lipinski definition) is 6. The topological polar surface area (TPSA) is 61.9 Å². The molecule has 160 valence electrons. The molecule has 1 aliphatic carbocycles. The third kappa shape index (κ3) is 4.71. The maximum atomic E-state index is 13.0. The summed E-state index contributed by atoms with van der Waals surface area (Å²) in [6.45, 7) is 5.68. The highest BCUT2D eigenvalue weighted by Crippen LogP contribution is 2.39. The Morgan fingerprint density at radius 2 is 2.17 bits per heavy atom. The number of ketones is 1. The molecule has 1 saturated carbocycles. The van der Waals surface area contributed by atoms with Crippen LogP contribution in [0.2, 0.25) is 0 Å². The zero-order valence-electron chi connectivity index (χ0n) is 17.8. The van der Waals surface area contributed by atoms with Crippen LogP contribution in [0.4, 0.5) is 0 Å². The molecule has 0 N–H and O–H groups in total. The van der Waals surface area contributed by atoms with Gasteiger partial charge < -0.3 is 13.9 Å². The van der Waals surface area contributed by atoms with E-state index < -0.39 is 0 Å². The predicted molar refractivity (Wildman–Crippen MR) is 121 cm³/mol. The number of thioether (sulfide) groups is 1. The average molecular weight is 445 g/mol. The molecule has 0 spiro atoms. The van der Waals surface area contributed by atoms with Crippen molar-refractivity contribution in [1.29, 1.82) is 0 Å². The molecule has 1 fully saturated rings. The lowest BCUT2D eigenvalue weighted by Gasteiger charge is -2.10. The van der Waals surface area contributed by atoms with Gasteiger partial charge in [0.05, 0.1) is 5.75 Å². The first-order valence-corrected chi connectivity index (χ1v) is 12.2. The van der Waals surface area contributed by atoms with Crippen LogP contribution >= 0.6 is 23.1 Å². The summed E-state index contributed by atoms with van der Waals surface area (Å²) in [5, 5.41) is 11.8. The van der Waals surface area contributed by atoms with Crippen molar-refractivity contribution in [1.82, 2.24) is 19.3 Å². The van der Waals surface area contributed by atoms with E-state index in [1.807, 2.05) is 13.0 Å². The van der Waals surface area contributed by atoms with Gasteiger partial charge in [0.25, 0.3) is 0 Å². The SMILES string of the molecule is COCCCn1c(C)cc(C(=O)CSc2nnc(Cc3cccs3)n2C2CC2)c1C. The Bertz CT molecular complexity index is 1000. The quantitative estimate of drug-likeness (QED) is 0.244. The average Bonchev–Trinajstić information content (AvgIpc) is 3.16. The molecule has 0 atom stereocenters. The van der Waals surface area contributed by atoms with Crippen molar-refractivity contribution in [2.24, 2.45) is 0 Å². The zero-order valence-corrected chi connectivity index (χ0v) is 19.4. The molecule has 0 unspecified atom stereocenters. The molecule has 0 bridgehead atoms. The second-order valence-electron chi connectivity index (χ2n) is 7.75. The maximum Gasteiger partial charge on any atom is 0.191 e. The first kappa shape index (κ1) is 21.3. The highest BCUT2D eigenvalue weighted by atomic mass is 32.2. The summed E-state index contributed by atoms with van der Waals surface area (Å²) in [5.74, 6) is 1.54. The van der Waals surface area contributed by atoms with E-state index >= 15 is 0 Å². The van der Waals surface area contributed by atoms with Gasteiger partial charge >= 0.3 is 0 Å². The van der Waals surface area contributed by atoms with Gasteiger partial charge in [0.2, 0.25) is 0 Å². The Kier molecular flexibility index (Phi) is 6.75. The second-order valence-corrected chi connectivity index (χ2v) is 9.73. The van der Waals surface area contributed by atoms with Crippen LogP contribution in [0.25, 0.3) is 0 Å². The minimum Gasteiger partial charge on any atom is -0.385 e. The Morgan fingerprint density at radius 1 is 1.33 bits per heavy atom. The molecule has 0 radical (unpaired) electrons. The molecule has 8 heteroatoms. The Morgan fingerprint density at radius 3 is 2.87 bits per heavy atom. The summed E-state index contributed by atoms with van der Waals surface area (Å²) < 4.78 is 9.62. The lowest BCUT2D eigenvalue weighted by molar-refractivity contribution is 0.102. The second kappa shape index (κ2) is 9.49. The number of hydrogen-bond donors (Lipinski definition) is 0. The van der Waals surface area contributed by atoms with Crippen molar-refractivity contribution in [3.8, 4) is 0 Å². The highest BCUT2D eigenvalue weighted by molar-refractivity contribution is 7.99. The third-order valence-corrected chi connectivity index (χ3v) is 7.32. The number of carbonyl (C=O) groups is 1. The van der Waals surface area contributed by atoms with E-state index in [1.165, 1.54) is 29.5 Å². The molecule has 1 aliphatic rings. The molecule has 0 amide bonds. The van der Waals surface area contributed by atoms with Crippen LogP contribution in [0, 0.1) is 13.8 Å². The van der Waals surface area contributed by atoms with Crippen LogP contribution in [-0.4, -0.2) is 44.6 Å². The Balaban J connectivity index is 1.44. The molecule has 0 saturated heterocycles. The molecule has 4 rings (SSSR count). The molecular weight excluding hydrogens is 416 g/mol. The number of Topliss-reactive ketones (excluding diaryl/α,β-unsaturated/α-hetero) is 1. The van der Waals surface area contributed by atoms with Gasteiger partial charge in [-0.3, -0.25) is 4.79 Å². The van der Waals surface area contributed by atoms with Crippen molar-refractivity contribution >= 4 is 28.9 Å². The number of ether oxygens (including phenoxy) is 1. The van der Waals surface area contributed by atoms with Crippen molar-refractivity contribution in [3.05, 3.63) is 51.2 Å². The van der Waals surface area contributed by atoms with Crippen molar-refractivity contribution in [2.45, 2.75) is 57.3 Å². The van der Waals surface area contributed by atoms with E-state index in [4.69, 9.17) is 4.74 Å². The predicted octanol–water partition coefficient (Wildman–Crippen LogP) is 4.70. The van der Waals surface area contributed by atoms with E-state index in [0.717, 1.165) is 53.9 Å². The normalized spacial score (nSPS) is 13.8. The zero-order chi connectivity index (χ0) is 21.1. The fourth-order valence-corrected chi connectivity index (χ4v) is 5.41. The van der Waals surface area contributed by atoms with Gasteiger partial charge in [-0.05, 0) is 50.6 Å².